The van der Waals surface area contributed by atoms with Crippen LogP contribution in [0, 0.1) is 5.41 Å². The van der Waals surface area contributed by atoms with Gasteiger partial charge in [-0.25, -0.2) is 4.79 Å². The van der Waals surface area contributed by atoms with Gasteiger partial charge in [0, 0.05) is 37.3 Å². The molecule has 0 fully saturated rings. The molecule has 11 heteroatoms. The Bertz CT molecular complexity index is 1380. The molecule has 220 valence electrons. The Labute approximate surface area is 239 Å². The van der Waals surface area contributed by atoms with Crippen LogP contribution in [0.3, 0.4) is 0 Å². The Morgan fingerprint density at radius 3 is 2.56 bits per heavy atom. The standard InChI is InChI=1S/C30H38N4O7/c1-7-40-25-10-18-12-34(28(31)20(18)11-21(25)29(38)32-5)14-24(35)17-8-22(30(2,3)4)27-23(9-17)33(6)13-19(41-27)15-39-16-26(36)37/h8-11,19,31H,7,12-16H2,1-6H3,(H,32,38)(H,36,37). The molecule has 1 unspecified atom stereocenters. The van der Waals surface area contributed by atoms with Crippen LogP contribution in [0.4, 0.5) is 5.69 Å². The molecule has 0 saturated carbocycles. The number of Topliss-reactive ketones (excluding diaryl/α,β-unsaturated/α-hetero) is 1. The maximum Gasteiger partial charge on any atom is 0.329 e. The molecule has 1 atom stereocenters. The molecule has 3 N–H and O–H groups in total. The Kier molecular flexibility index (Phi) is 8.58. The number of nitrogens with zero attached hydrogens (tertiary/aromatic N) is 2. The van der Waals surface area contributed by atoms with E-state index in [0.29, 0.717) is 47.9 Å². The number of carboxylic acids is 1. The molecule has 2 aromatic rings. The molecule has 2 aliphatic rings. The maximum absolute atomic E-state index is 13.7. The van der Waals surface area contributed by atoms with Crippen LogP contribution < -0.4 is 19.7 Å². The minimum absolute atomic E-state index is 0.00855. The number of nitrogens with one attached hydrogen (secondary N) is 2. The topological polar surface area (TPSA) is 141 Å². The number of aliphatic carboxylic acids is 1. The van der Waals surface area contributed by atoms with Crippen molar-refractivity contribution in [3.05, 3.63) is 52.1 Å². The van der Waals surface area contributed by atoms with Crippen molar-refractivity contribution in [2.24, 2.45) is 0 Å². The number of ether oxygens (including phenoxy) is 3. The van der Waals surface area contributed by atoms with E-state index in [1.54, 1.807) is 24.1 Å². The smallest absolute Gasteiger partial charge is 0.329 e. The lowest BCUT2D eigenvalue weighted by Crippen LogP contribution is -2.42. The minimum Gasteiger partial charge on any atom is -0.493 e. The van der Waals surface area contributed by atoms with Gasteiger partial charge in [0.1, 0.15) is 30.0 Å². The van der Waals surface area contributed by atoms with E-state index in [9.17, 15) is 14.4 Å². The summed E-state index contributed by atoms with van der Waals surface area (Å²) in [4.78, 5) is 40.6. The van der Waals surface area contributed by atoms with Gasteiger partial charge in [0.15, 0.2) is 5.78 Å². The number of likely N-dealkylation sites (N-methyl/N-ethyl adjacent to an activating group) is 1. The molecule has 2 aromatic carbocycles. The van der Waals surface area contributed by atoms with E-state index >= 15 is 0 Å². The predicted octanol–water partition coefficient (Wildman–Crippen LogP) is 3.06. The van der Waals surface area contributed by atoms with Gasteiger partial charge in [0.2, 0.25) is 0 Å². The molecule has 0 bridgehead atoms. The van der Waals surface area contributed by atoms with Gasteiger partial charge in [-0.15, -0.1) is 0 Å². The molecule has 0 aromatic heterocycles. The third-order valence-electron chi connectivity index (χ3n) is 7.15. The molecule has 0 saturated heterocycles. The summed E-state index contributed by atoms with van der Waals surface area (Å²) in [6, 6.07) is 7.09. The molecule has 41 heavy (non-hydrogen) atoms. The van der Waals surface area contributed by atoms with Gasteiger partial charge in [0.05, 0.1) is 37.6 Å². The lowest BCUT2D eigenvalue weighted by molar-refractivity contribution is -0.143. The predicted molar refractivity (Wildman–Crippen MR) is 154 cm³/mol. The molecular weight excluding hydrogens is 528 g/mol. The molecule has 0 aliphatic carbocycles. The zero-order valence-corrected chi connectivity index (χ0v) is 24.4. The Morgan fingerprint density at radius 1 is 1.20 bits per heavy atom. The van der Waals surface area contributed by atoms with Crippen molar-refractivity contribution < 1.29 is 33.7 Å². The summed E-state index contributed by atoms with van der Waals surface area (Å²) in [5.41, 5.74) is 3.55. The molecule has 0 radical (unpaired) electrons. The fourth-order valence-corrected chi connectivity index (χ4v) is 5.13. The van der Waals surface area contributed by atoms with E-state index in [1.807, 2.05) is 51.8 Å². The third kappa shape index (κ3) is 6.30. The molecule has 0 spiro atoms. The summed E-state index contributed by atoms with van der Waals surface area (Å²) in [5.74, 6) is -0.203. The zero-order chi connectivity index (χ0) is 30.1. The van der Waals surface area contributed by atoms with Gasteiger partial charge in [-0.1, -0.05) is 20.8 Å². The normalized spacial score (nSPS) is 16.1. The first-order valence-electron chi connectivity index (χ1n) is 13.6. The number of carboxylic acid groups (broad SMARTS) is 1. The Morgan fingerprint density at radius 2 is 1.93 bits per heavy atom. The van der Waals surface area contributed by atoms with Crippen molar-refractivity contribution in [3.8, 4) is 11.5 Å². The number of carbonyl (C=O) groups is 3. The molecule has 1 amide bonds. The van der Waals surface area contributed by atoms with Crippen molar-refractivity contribution in [3.63, 3.8) is 0 Å². The van der Waals surface area contributed by atoms with Gasteiger partial charge in [-0.2, -0.15) is 0 Å². The van der Waals surface area contributed by atoms with E-state index in [1.165, 1.54) is 0 Å². The minimum atomic E-state index is -1.04. The Hall–Kier alpha value is -4.12. The lowest BCUT2D eigenvalue weighted by Gasteiger charge is -2.37. The van der Waals surface area contributed by atoms with E-state index in [-0.39, 0.29) is 42.2 Å². The SMILES string of the molecule is CCOc1cc2c(cc1C(=O)NC)C(=N)N(CC(=O)c1cc3c(c(C(C)(C)C)c1)OC(COCC(=O)O)CN3C)C2. The fraction of sp³-hybridized carbons (Fsp3) is 0.467. The molecule has 2 heterocycles. The van der Waals surface area contributed by atoms with Crippen LogP contribution in [0.1, 0.15) is 65.1 Å². The van der Waals surface area contributed by atoms with Gasteiger partial charge in [-0.3, -0.25) is 15.0 Å². The number of rotatable bonds is 10. The number of carbonyl (C=O) groups excluding carboxylic acids is 2. The quantitative estimate of drug-likeness (QED) is 0.370. The van der Waals surface area contributed by atoms with Crippen LogP contribution in [0.15, 0.2) is 24.3 Å². The first-order valence-corrected chi connectivity index (χ1v) is 13.6. The second kappa shape index (κ2) is 11.8. The van der Waals surface area contributed by atoms with Crippen LogP contribution in [0.25, 0.3) is 0 Å². The van der Waals surface area contributed by atoms with Gasteiger partial charge < -0.3 is 34.4 Å². The average Bonchev–Trinajstić information content (AvgIpc) is 3.20. The van der Waals surface area contributed by atoms with Crippen molar-refractivity contribution >= 4 is 29.2 Å². The summed E-state index contributed by atoms with van der Waals surface area (Å²) >= 11 is 0. The summed E-state index contributed by atoms with van der Waals surface area (Å²) in [6.45, 7) is 8.90. The van der Waals surface area contributed by atoms with Crippen LogP contribution in [0.2, 0.25) is 0 Å². The highest BCUT2D eigenvalue weighted by Crippen LogP contribution is 2.43. The van der Waals surface area contributed by atoms with Crippen molar-refractivity contribution in [2.45, 2.75) is 45.8 Å². The number of hydrogen-bond donors (Lipinski definition) is 3. The lowest BCUT2D eigenvalue weighted by atomic mass is 9.84. The third-order valence-corrected chi connectivity index (χ3v) is 7.15. The van der Waals surface area contributed by atoms with Crippen molar-refractivity contribution in [1.29, 1.82) is 5.41 Å². The van der Waals surface area contributed by atoms with E-state index in [0.717, 1.165) is 16.8 Å². The van der Waals surface area contributed by atoms with E-state index in [2.05, 4.69) is 5.32 Å². The van der Waals surface area contributed by atoms with Crippen LogP contribution >= 0.6 is 0 Å². The van der Waals surface area contributed by atoms with Gasteiger partial charge in [0.25, 0.3) is 5.91 Å². The van der Waals surface area contributed by atoms with Crippen LogP contribution in [0.5, 0.6) is 11.5 Å². The number of fused-ring (bicyclic) bond motifs is 2. The summed E-state index contributed by atoms with van der Waals surface area (Å²) < 4.78 is 17.2. The molecule has 4 rings (SSSR count). The largest absolute Gasteiger partial charge is 0.493 e. The van der Waals surface area contributed by atoms with Crippen molar-refractivity contribution in [2.75, 3.05) is 51.9 Å². The highest BCUT2D eigenvalue weighted by atomic mass is 16.5. The Balaban J connectivity index is 1.59. The summed E-state index contributed by atoms with van der Waals surface area (Å²) in [6.07, 6.45) is -0.362. The van der Waals surface area contributed by atoms with Gasteiger partial charge >= 0.3 is 5.97 Å². The highest BCUT2D eigenvalue weighted by Gasteiger charge is 2.33. The second-order valence-electron chi connectivity index (χ2n) is 11.3. The summed E-state index contributed by atoms with van der Waals surface area (Å²) in [5, 5.41) is 20.3. The van der Waals surface area contributed by atoms with E-state index in [4.69, 9.17) is 24.7 Å². The van der Waals surface area contributed by atoms with Crippen molar-refractivity contribution in [1.82, 2.24) is 10.2 Å². The van der Waals surface area contributed by atoms with Crippen LogP contribution in [-0.2, 0) is 21.5 Å². The first kappa shape index (κ1) is 29.9. The van der Waals surface area contributed by atoms with Gasteiger partial charge in [-0.05, 0) is 42.2 Å². The first-order chi connectivity index (χ1) is 19.3. The zero-order valence-electron chi connectivity index (χ0n) is 24.4. The maximum atomic E-state index is 13.7. The molecule has 2 aliphatic heterocycles. The van der Waals surface area contributed by atoms with Crippen LogP contribution in [-0.4, -0.2) is 86.6 Å². The second-order valence-corrected chi connectivity index (χ2v) is 11.3. The fourth-order valence-electron chi connectivity index (χ4n) is 5.13. The number of benzene rings is 2. The number of amides is 1. The molecule has 11 nitrogen and oxygen atoms in total. The average molecular weight is 567 g/mol. The summed E-state index contributed by atoms with van der Waals surface area (Å²) in [7, 11) is 3.45. The van der Waals surface area contributed by atoms with E-state index < -0.39 is 12.6 Å². The highest BCUT2D eigenvalue weighted by molar-refractivity contribution is 6.08. The molecular formula is C30H38N4O7. The number of amidine groups is 1. The number of ketones is 1. The monoisotopic (exact) mass is 566 g/mol. The number of anilines is 1. The number of hydrogen-bond acceptors (Lipinski definition) is 8.